The Morgan fingerprint density at radius 3 is 2.28 bits per heavy atom. The standard InChI is InChI=1S/C52H64F3N5O7S/c1-9-33(3)45(61)57-44(50(4,5)6)47(63)58-25-13-18-41(58)46(62)56-43-39-17-12-11-16-36(39)31-42(43)67-30-29-66-28-27-65-26-14-15-34-19-22-37(23-20-34)60-49(68)59(48(64)51(60,7)8)38-24-21-35(10-2)40(32-38)52(53,54)55/h2,11-12,16-17,19-24,32-33,41-44H,9,13-15,18,25-31H2,1,3-8H3,(H,56,62)(H,57,61)/t33-,41+,42-,43+,44-/m1/s1. The van der Waals surface area contributed by atoms with Crippen LogP contribution in [0, 0.1) is 23.7 Å². The van der Waals surface area contributed by atoms with E-state index in [1.165, 1.54) is 12.1 Å². The first kappa shape index (κ1) is 52.0. The van der Waals surface area contributed by atoms with Gasteiger partial charge in [0.1, 0.15) is 17.6 Å². The van der Waals surface area contributed by atoms with Crippen LogP contribution in [0.4, 0.5) is 24.5 Å². The molecular formula is C52H64F3N5O7S. The summed E-state index contributed by atoms with van der Waals surface area (Å²) >= 11 is 5.68. The maximum Gasteiger partial charge on any atom is 0.417 e. The maximum absolute atomic E-state index is 14.0. The van der Waals surface area contributed by atoms with Crippen molar-refractivity contribution in [3.63, 3.8) is 0 Å². The van der Waals surface area contributed by atoms with Crippen molar-refractivity contribution in [2.24, 2.45) is 11.3 Å². The Hall–Kier alpha value is -5.34. The first-order chi connectivity index (χ1) is 32.2. The Morgan fingerprint density at radius 2 is 1.62 bits per heavy atom. The molecule has 12 nitrogen and oxygen atoms in total. The van der Waals surface area contributed by atoms with E-state index in [-0.39, 0.29) is 46.1 Å². The number of terminal acetylenes is 1. The summed E-state index contributed by atoms with van der Waals surface area (Å²) in [5, 5.41) is 6.27. The molecule has 3 aromatic carbocycles. The number of alkyl halides is 3. The van der Waals surface area contributed by atoms with Gasteiger partial charge in [-0.2, -0.15) is 13.2 Å². The number of likely N-dealkylation sites (tertiary alicyclic amines) is 1. The molecule has 2 fully saturated rings. The predicted octanol–water partition coefficient (Wildman–Crippen LogP) is 7.94. The number of nitrogens with zero attached hydrogens (tertiary/aromatic N) is 3. The molecule has 3 aliphatic rings. The molecule has 5 atom stereocenters. The van der Waals surface area contributed by atoms with E-state index in [9.17, 15) is 32.3 Å². The van der Waals surface area contributed by atoms with Crippen molar-refractivity contribution in [3.05, 3.63) is 94.5 Å². The summed E-state index contributed by atoms with van der Waals surface area (Å²) in [5.74, 6) is 0.707. The van der Waals surface area contributed by atoms with Crippen molar-refractivity contribution in [1.29, 1.82) is 0 Å². The number of rotatable bonds is 19. The summed E-state index contributed by atoms with van der Waals surface area (Å²) in [4.78, 5) is 58.9. The minimum atomic E-state index is -4.71. The number of fused-ring (bicyclic) bond motifs is 1. The number of anilines is 2. The smallest absolute Gasteiger partial charge is 0.379 e. The third-order valence-electron chi connectivity index (χ3n) is 13.0. The predicted molar refractivity (Wildman–Crippen MR) is 259 cm³/mol. The summed E-state index contributed by atoms with van der Waals surface area (Å²) in [5.41, 5.74) is 0.676. The second-order valence-electron chi connectivity index (χ2n) is 19.3. The normalized spacial score (nSPS) is 20.0. The van der Waals surface area contributed by atoms with Crippen molar-refractivity contribution in [2.75, 3.05) is 49.4 Å². The largest absolute Gasteiger partial charge is 0.417 e. The van der Waals surface area contributed by atoms with E-state index in [0.717, 1.165) is 40.5 Å². The average Bonchev–Trinajstić information content (AvgIpc) is 3.97. The molecule has 4 amide bonds. The molecule has 2 N–H and O–H groups in total. The van der Waals surface area contributed by atoms with Gasteiger partial charge in [-0.25, -0.2) is 0 Å². The molecule has 0 unspecified atom stereocenters. The lowest BCUT2D eigenvalue weighted by atomic mass is 9.85. The summed E-state index contributed by atoms with van der Waals surface area (Å²) < 4.78 is 59.3. The van der Waals surface area contributed by atoms with Crippen LogP contribution in [0.3, 0.4) is 0 Å². The Balaban J connectivity index is 0.928. The van der Waals surface area contributed by atoms with Gasteiger partial charge in [-0.15, -0.1) is 6.42 Å². The van der Waals surface area contributed by atoms with Gasteiger partial charge in [0.05, 0.1) is 49.8 Å². The number of benzene rings is 3. The van der Waals surface area contributed by atoms with Gasteiger partial charge in [-0.3, -0.25) is 24.1 Å². The molecule has 0 saturated carbocycles. The topological polar surface area (TPSA) is 130 Å². The van der Waals surface area contributed by atoms with Crippen molar-refractivity contribution >= 4 is 52.3 Å². The van der Waals surface area contributed by atoms with Gasteiger partial charge in [0.25, 0.3) is 5.91 Å². The molecule has 0 radical (unpaired) electrons. The molecule has 6 rings (SSSR count). The molecular weight excluding hydrogens is 896 g/mol. The van der Waals surface area contributed by atoms with E-state index in [0.29, 0.717) is 70.9 Å². The van der Waals surface area contributed by atoms with E-state index < -0.39 is 46.7 Å². The van der Waals surface area contributed by atoms with Gasteiger partial charge < -0.3 is 34.6 Å². The van der Waals surface area contributed by atoms with E-state index in [2.05, 4.69) is 16.6 Å². The molecule has 1 aliphatic carbocycles. The Bertz CT molecular complexity index is 2360. The van der Waals surface area contributed by atoms with Crippen LogP contribution < -0.4 is 20.4 Å². The first-order valence-corrected chi connectivity index (χ1v) is 23.8. The van der Waals surface area contributed by atoms with Crippen LogP contribution in [0.15, 0.2) is 66.7 Å². The third kappa shape index (κ3) is 11.7. The Labute approximate surface area is 403 Å². The Morgan fingerprint density at radius 1 is 0.956 bits per heavy atom. The highest BCUT2D eigenvalue weighted by Gasteiger charge is 2.51. The fraction of sp³-hybridized carbons (Fsp3) is 0.519. The van der Waals surface area contributed by atoms with Gasteiger partial charge in [0.15, 0.2) is 5.11 Å². The molecule has 366 valence electrons. The van der Waals surface area contributed by atoms with Crippen LogP contribution in [-0.2, 0) is 52.4 Å². The van der Waals surface area contributed by atoms with Gasteiger partial charge in [-0.1, -0.05) is 76.9 Å². The van der Waals surface area contributed by atoms with Crippen LogP contribution in [-0.4, -0.2) is 96.9 Å². The fourth-order valence-electron chi connectivity index (χ4n) is 8.98. The van der Waals surface area contributed by atoms with Crippen LogP contribution in [0.1, 0.15) is 108 Å². The zero-order valence-electron chi connectivity index (χ0n) is 40.0. The number of thiocarbonyl (C=S) groups is 1. The number of hydrogen-bond donors (Lipinski definition) is 2. The third-order valence-corrected chi connectivity index (χ3v) is 13.4. The molecule has 2 heterocycles. The molecule has 0 bridgehead atoms. The van der Waals surface area contributed by atoms with Crippen molar-refractivity contribution < 1.29 is 46.6 Å². The molecule has 0 spiro atoms. The molecule has 0 aromatic heterocycles. The fourth-order valence-corrected chi connectivity index (χ4v) is 9.50. The van der Waals surface area contributed by atoms with E-state index in [1.54, 1.807) is 23.6 Å². The zero-order chi connectivity index (χ0) is 49.6. The Kier molecular flexibility index (Phi) is 16.8. The lowest BCUT2D eigenvalue weighted by Crippen LogP contribution is -2.58. The lowest BCUT2D eigenvalue weighted by molar-refractivity contribution is -0.144. The minimum Gasteiger partial charge on any atom is -0.379 e. The number of carbonyl (C=O) groups is 4. The molecule has 2 aliphatic heterocycles. The zero-order valence-corrected chi connectivity index (χ0v) is 40.9. The van der Waals surface area contributed by atoms with Gasteiger partial charge >= 0.3 is 6.18 Å². The number of ether oxygens (including phenoxy) is 3. The van der Waals surface area contributed by atoms with Crippen molar-refractivity contribution in [1.82, 2.24) is 15.5 Å². The van der Waals surface area contributed by atoms with E-state index in [4.69, 9.17) is 32.9 Å². The van der Waals surface area contributed by atoms with Crippen LogP contribution in [0.5, 0.6) is 0 Å². The van der Waals surface area contributed by atoms with Crippen molar-refractivity contribution in [2.45, 2.75) is 123 Å². The number of nitrogens with one attached hydrogen (secondary N) is 2. The summed E-state index contributed by atoms with van der Waals surface area (Å²) in [6.45, 7) is 15.2. The van der Waals surface area contributed by atoms with Crippen LogP contribution in [0.25, 0.3) is 0 Å². The summed E-state index contributed by atoms with van der Waals surface area (Å²) in [6.07, 6.45) is 4.24. The monoisotopic (exact) mass is 959 g/mol. The lowest BCUT2D eigenvalue weighted by Gasteiger charge is -2.36. The second kappa shape index (κ2) is 22.0. The molecule has 68 heavy (non-hydrogen) atoms. The summed E-state index contributed by atoms with van der Waals surface area (Å²) in [7, 11) is 0. The maximum atomic E-state index is 14.0. The molecule has 3 aromatic rings. The number of amides is 4. The minimum absolute atomic E-state index is 0.0100. The number of aryl methyl sites for hydroxylation is 1. The van der Waals surface area contributed by atoms with Gasteiger partial charge in [0.2, 0.25) is 17.7 Å². The van der Waals surface area contributed by atoms with Gasteiger partial charge in [0, 0.05) is 36.7 Å². The molecule has 16 heteroatoms. The average molecular weight is 960 g/mol. The van der Waals surface area contributed by atoms with Crippen LogP contribution >= 0.6 is 12.2 Å². The number of halogens is 3. The van der Waals surface area contributed by atoms with Crippen LogP contribution in [0.2, 0.25) is 0 Å². The van der Waals surface area contributed by atoms with Crippen molar-refractivity contribution in [3.8, 4) is 12.3 Å². The van der Waals surface area contributed by atoms with Gasteiger partial charge in [-0.05, 0) is 111 Å². The second-order valence-corrected chi connectivity index (χ2v) is 19.7. The highest BCUT2D eigenvalue weighted by molar-refractivity contribution is 7.81. The highest BCUT2D eigenvalue weighted by atomic mass is 32.1. The first-order valence-electron chi connectivity index (χ1n) is 23.4. The van der Waals surface area contributed by atoms with E-state index >= 15 is 0 Å². The highest BCUT2D eigenvalue weighted by Crippen LogP contribution is 2.40. The number of carbonyl (C=O) groups excluding carboxylic acids is 4. The summed E-state index contributed by atoms with van der Waals surface area (Å²) in [6, 6.07) is 17.1. The number of hydrogen-bond acceptors (Lipinski definition) is 8. The van der Waals surface area contributed by atoms with E-state index in [1.807, 2.05) is 83.1 Å². The quantitative estimate of drug-likeness (QED) is 0.0700. The molecule has 2 saturated heterocycles. The SMILES string of the molecule is C#Cc1ccc(N2C(=O)C(C)(C)N(c3ccc(CCCOCCOCCO[C@@H]4Cc5ccccc5[C@@H]4NC(=O)[C@@H]4CCCN4C(=O)[C@@H](NC(=O)[C@H](C)CC)C(C)(C)C)cc3)C2=S)cc1C(F)(F)F.